The monoisotopic (exact) mass is 310 g/mol. The summed E-state index contributed by atoms with van der Waals surface area (Å²) in [7, 11) is 0. The number of nitrogens with zero attached hydrogens (tertiary/aromatic N) is 1. The highest BCUT2D eigenvalue weighted by Gasteiger charge is 2.25. The predicted octanol–water partition coefficient (Wildman–Crippen LogP) is 1.89. The number of ether oxygens (including phenoxy) is 1. The zero-order valence-electron chi connectivity index (χ0n) is 13.5. The van der Waals surface area contributed by atoms with E-state index in [1.807, 2.05) is 0 Å². The van der Waals surface area contributed by atoms with Crippen molar-refractivity contribution in [2.24, 2.45) is 5.92 Å². The van der Waals surface area contributed by atoms with E-state index >= 15 is 0 Å². The largest absolute Gasteiger partial charge is 0.491 e. The lowest BCUT2D eigenvalue weighted by molar-refractivity contribution is 0.0908. The number of aliphatic hydroxyl groups excluding tert-OH is 1. The lowest BCUT2D eigenvalue weighted by Crippen LogP contribution is -2.50. The molecule has 1 aromatic rings. The Labute approximate surface area is 132 Å². The molecule has 4 nitrogen and oxygen atoms in total. The lowest BCUT2D eigenvalue weighted by Gasteiger charge is -2.37. The summed E-state index contributed by atoms with van der Waals surface area (Å²) in [5.41, 5.74) is 0. The van der Waals surface area contributed by atoms with Crippen molar-refractivity contribution in [3.05, 3.63) is 30.1 Å². The number of likely N-dealkylation sites (tertiary alicyclic amines) is 1. The Hall–Kier alpha value is -1.17. The fourth-order valence-corrected chi connectivity index (χ4v) is 2.89. The first-order valence-corrected chi connectivity index (χ1v) is 8.10. The molecule has 0 bridgehead atoms. The minimum atomic E-state index is -0.568. The van der Waals surface area contributed by atoms with Gasteiger partial charge in [0.2, 0.25) is 0 Å². The number of piperidine rings is 1. The van der Waals surface area contributed by atoms with Crippen LogP contribution in [0.4, 0.5) is 4.39 Å². The maximum Gasteiger partial charge on any atom is 0.123 e. The van der Waals surface area contributed by atoms with E-state index in [0.29, 0.717) is 24.3 Å². The van der Waals surface area contributed by atoms with Crippen LogP contribution in [0.2, 0.25) is 0 Å². The molecule has 1 saturated heterocycles. The Morgan fingerprint density at radius 3 is 2.77 bits per heavy atom. The fraction of sp³-hybridized carbons (Fsp3) is 0.647. The molecule has 1 aromatic carbocycles. The highest BCUT2D eigenvalue weighted by molar-refractivity contribution is 5.22. The molecule has 2 rings (SSSR count). The minimum Gasteiger partial charge on any atom is -0.491 e. The van der Waals surface area contributed by atoms with Crippen molar-refractivity contribution in [1.29, 1.82) is 0 Å². The van der Waals surface area contributed by atoms with Crippen LogP contribution in [0.25, 0.3) is 0 Å². The maximum atomic E-state index is 12.8. The van der Waals surface area contributed by atoms with Gasteiger partial charge in [-0.15, -0.1) is 0 Å². The predicted molar refractivity (Wildman–Crippen MR) is 85.6 cm³/mol. The van der Waals surface area contributed by atoms with Gasteiger partial charge in [-0.05, 0) is 49.7 Å². The zero-order valence-corrected chi connectivity index (χ0v) is 13.5. The molecule has 2 N–H and O–H groups in total. The van der Waals surface area contributed by atoms with Crippen LogP contribution >= 0.6 is 0 Å². The van der Waals surface area contributed by atoms with Gasteiger partial charge >= 0.3 is 0 Å². The van der Waals surface area contributed by atoms with E-state index in [4.69, 9.17) is 4.74 Å². The summed E-state index contributed by atoms with van der Waals surface area (Å²) >= 11 is 0. The summed E-state index contributed by atoms with van der Waals surface area (Å²) in [6, 6.07) is 6.28. The Morgan fingerprint density at radius 2 is 2.14 bits per heavy atom. The molecule has 1 fully saturated rings. The van der Waals surface area contributed by atoms with Crippen molar-refractivity contribution in [1.82, 2.24) is 10.2 Å². The van der Waals surface area contributed by atoms with Crippen molar-refractivity contribution >= 4 is 0 Å². The lowest BCUT2D eigenvalue weighted by atomic mass is 9.94. The summed E-state index contributed by atoms with van der Waals surface area (Å²) in [6.07, 6.45) is 0.544. The van der Waals surface area contributed by atoms with Gasteiger partial charge < -0.3 is 20.1 Å². The van der Waals surface area contributed by atoms with Crippen LogP contribution in [0.1, 0.15) is 20.3 Å². The quantitative estimate of drug-likeness (QED) is 0.807. The number of aliphatic hydroxyl groups is 1. The van der Waals surface area contributed by atoms with Crippen molar-refractivity contribution in [3.8, 4) is 5.75 Å². The average molecular weight is 310 g/mol. The van der Waals surface area contributed by atoms with E-state index in [1.165, 1.54) is 12.1 Å². The molecule has 3 unspecified atom stereocenters. The van der Waals surface area contributed by atoms with E-state index in [2.05, 4.69) is 24.1 Å². The Kier molecular flexibility index (Phi) is 6.61. The molecular weight excluding hydrogens is 283 g/mol. The van der Waals surface area contributed by atoms with E-state index < -0.39 is 6.10 Å². The van der Waals surface area contributed by atoms with Crippen molar-refractivity contribution < 1.29 is 14.2 Å². The second-order valence-corrected chi connectivity index (χ2v) is 6.09. The van der Waals surface area contributed by atoms with Crippen LogP contribution in [-0.4, -0.2) is 54.9 Å². The first-order chi connectivity index (χ1) is 10.6. The standard InChI is InChI=1S/C17H27FN2O2/c1-3-20-9-8-17(13(2)11-20)19-10-15(21)12-22-16-6-4-14(18)5-7-16/h4-7,13,15,17,19,21H,3,8-12H2,1-2H3. The van der Waals surface area contributed by atoms with Crippen LogP contribution in [0, 0.1) is 11.7 Å². The third-order valence-electron chi connectivity index (χ3n) is 4.31. The van der Waals surface area contributed by atoms with Gasteiger partial charge in [0.1, 0.15) is 24.3 Å². The highest BCUT2D eigenvalue weighted by Crippen LogP contribution is 2.16. The van der Waals surface area contributed by atoms with E-state index in [-0.39, 0.29) is 12.4 Å². The Bertz CT molecular complexity index is 441. The Balaban J connectivity index is 1.67. The van der Waals surface area contributed by atoms with Gasteiger partial charge in [-0.25, -0.2) is 4.39 Å². The number of hydrogen-bond acceptors (Lipinski definition) is 4. The first-order valence-electron chi connectivity index (χ1n) is 8.10. The van der Waals surface area contributed by atoms with Gasteiger partial charge in [-0.3, -0.25) is 0 Å². The molecule has 3 atom stereocenters. The number of halogens is 1. The van der Waals surface area contributed by atoms with Gasteiger partial charge in [0.15, 0.2) is 0 Å². The average Bonchev–Trinajstić information content (AvgIpc) is 2.53. The normalized spacial score (nSPS) is 24.2. The molecule has 0 aromatic heterocycles. The van der Waals surface area contributed by atoms with Gasteiger partial charge in [-0.1, -0.05) is 13.8 Å². The number of benzene rings is 1. The molecule has 0 saturated carbocycles. The molecule has 1 heterocycles. The number of nitrogens with one attached hydrogen (secondary N) is 1. The smallest absolute Gasteiger partial charge is 0.123 e. The van der Waals surface area contributed by atoms with E-state index in [0.717, 1.165) is 26.1 Å². The van der Waals surface area contributed by atoms with Gasteiger partial charge in [0, 0.05) is 19.1 Å². The second-order valence-electron chi connectivity index (χ2n) is 6.09. The highest BCUT2D eigenvalue weighted by atomic mass is 19.1. The van der Waals surface area contributed by atoms with Crippen LogP contribution < -0.4 is 10.1 Å². The third kappa shape index (κ3) is 5.23. The third-order valence-corrected chi connectivity index (χ3v) is 4.31. The molecule has 1 aliphatic heterocycles. The summed E-state index contributed by atoms with van der Waals surface area (Å²) in [5, 5.41) is 13.5. The molecular formula is C17H27FN2O2. The molecule has 5 heteroatoms. The first kappa shape index (κ1) is 17.2. The Morgan fingerprint density at radius 1 is 1.41 bits per heavy atom. The molecule has 0 aliphatic carbocycles. The summed E-state index contributed by atoms with van der Waals surface area (Å²) in [5.74, 6) is 0.867. The van der Waals surface area contributed by atoms with Crippen LogP contribution in [0.3, 0.4) is 0 Å². The summed E-state index contributed by atoms with van der Waals surface area (Å²) in [4.78, 5) is 2.46. The van der Waals surface area contributed by atoms with Crippen molar-refractivity contribution in [2.75, 3.05) is 32.8 Å². The zero-order chi connectivity index (χ0) is 15.9. The van der Waals surface area contributed by atoms with Crippen LogP contribution in [0.5, 0.6) is 5.75 Å². The minimum absolute atomic E-state index is 0.209. The molecule has 0 spiro atoms. The van der Waals surface area contributed by atoms with Gasteiger partial charge in [0.25, 0.3) is 0 Å². The van der Waals surface area contributed by atoms with Crippen molar-refractivity contribution in [3.63, 3.8) is 0 Å². The summed E-state index contributed by atoms with van der Waals surface area (Å²) < 4.78 is 18.2. The molecule has 0 radical (unpaired) electrons. The number of hydrogen-bond donors (Lipinski definition) is 2. The topological polar surface area (TPSA) is 44.7 Å². The van der Waals surface area contributed by atoms with Gasteiger partial charge in [-0.2, -0.15) is 0 Å². The second kappa shape index (κ2) is 8.46. The molecule has 124 valence electrons. The molecule has 1 aliphatic rings. The van der Waals surface area contributed by atoms with Crippen LogP contribution in [0.15, 0.2) is 24.3 Å². The van der Waals surface area contributed by atoms with Crippen molar-refractivity contribution in [2.45, 2.75) is 32.4 Å². The van der Waals surface area contributed by atoms with E-state index in [1.54, 1.807) is 12.1 Å². The molecule has 22 heavy (non-hydrogen) atoms. The van der Waals surface area contributed by atoms with Gasteiger partial charge in [0.05, 0.1) is 0 Å². The summed E-state index contributed by atoms with van der Waals surface area (Å²) in [6.45, 7) is 8.49. The SMILES string of the molecule is CCN1CCC(NCC(O)COc2ccc(F)cc2)C(C)C1. The fourth-order valence-electron chi connectivity index (χ4n) is 2.89. The number of rotatable bonds is 7. The van der Waals surface area contributed by atoms with E-state index in [9.17, 15) is 9.50 Å². The van der Waals surface area contributed by atoms with Crippen LogP contribution in [-0.2, 0) is 0 Å². The molecule has 0 amide bonds. The maximum absolute atomic E-state index is 12.8.